The highest BCUT2D eigenvalue weighted by atomic mass is 31.1. The number of rotatable bonds is 2. The molecule has 0 aromatic carbocycles. The van der Waals surface area contributed by atoms with Gasteiger partial charge in [0.25, 0.3) is 0 Å². The third-order valence-electron chi connectivity index (χ3n) is 0.271. The number of hydrogen-bond acceptors (Lipinski definition) is 2. The summed E-state index contributed by atoms with van der Waals surface area (Å²) >= 11 is 0. The lowest BCUT2D eigenvalue weighted by Gasteiger charge is -2.00. The Morgan fingerprint density at radius 2 is 2.00 bits per heavy atom. The van der Waals surface area contributed by atoms with E-state index in [2.05, 4.69) is 4.52 Å². The Bertz CT molecular complexity index is 49.0. The largest absolute Gasteiger partial charge is 0.276 e. The smallest absolute Gasteiger partial charge is 0.0710 e. The van der Waals surface area contributed by atoms with Crippen LogP contribution in [0.25, 0.3) is 0 Å². The normalized spacial score (nSPS) is 10.1. The van der Waals surface area contributed by atoms with Gasteiger partial charge < -0.3 is 0 Å². The summed E-state index contributed by atoms with van der Waals surface area (Å²) in [6, 6.07) is 0. The van der Waals surface area contributed by atoms with E-state index in [1.54, 1.807) is 9.03 Å². The van der Waals surface area contributed by atoms with E-state index in [4.69, 9.17) is 0 Å². The monoisotopic (exact) mass is 144 g/mol. The predicted molar refractivity (Wildman–Crippen MR) is 38.0 cm³/mol. The first-order chi connectivity index (χ1) is 2.77. The molecule has 0 amide bonds. The van der Waals surface area contributed by atoms with Crippen LogP contribution in [0.5, 0.6) is 0 Å². The Balaban J connectivity index is 0. The molecule has 0 rings (SSSR count). The molecule has 0 fully saturated rings. The van der Waals surface area contributed by atoms with E-state index in [-0.39, 0.29) is 4.70 Å². The van der Waals surface area contributed by atoms with Crippen LogP contribution in [0.15, 0.2) is 4.52 Å². The number of nitrogens with zero attached hydrogens (tertiary/aromatic N) is 2. The van der Waals surface area contributed by atoms with Gasteiger partial charge in [-0.15, -0.1) is 0 Å². The molecular formula is C2H11FN2P2. The molecule has 2 nitrogen and oxygen atoms in total. The van der Waals surface area contributed by atoms with Gasteiger partial charge in [0.05, 0.1) is 8.88 Å². The van der Waals surface area contributed by atoms with Crippen molar-refractivity contribution < 1.29 is 4.70 Å². The summed E-state index contributed by atoms with van der Waals surface area (Å²) in [4.78, 5) is 0. The first-order valence-electron chi connectivity index (χ1n) is 1.66. The first kappa shape index (κ1) is 10.5. The van der Waals surface area contributed by atoms with Crippen LogP contribution in [0, 0.1) is 0 Å². The van der Waals surface area contributed by atoms with Crippen LogP contribution < -0.4 is 0 Å². The molecule has 0 spiro atoms. The Labute approximate surface area is 46.9 Å². The van der Waals surface area contributed by atoms with E-state index in [0.29, 0.717) is 8.88 Å². The lowest BCUT2D eigenvalue weighted by atomic mass is 11.3. The van der Waals surface area contributed by atoms with Crippen LogP contribution in [-0.2, 0) is 0 Å². The highest BCUT2D eigenvalue weighted by Crippen LogP contribution is 2.13. The summed E-state index contributed by atoms with van der Waals surface area (Å²) in [7, 11) is 6.31. The Morgan fingerprint density at radius 3 is 2.00 bits per heavy atom. The van der Waals surface area contributed by atoms with E-state index < -0.39 is 0 Å². The van der Waals surface area contributed by atoms with Gasteiger partial charge in [-0.05, 0) is 14.1 Å². The van der Waals surface area contributed by atoms with E-state index in [9.17, 15) is 0 Å². The van der Waals surface area contributed by atoms with Crippen molar-refractivity contribution in [1.82, 2.24) is 4.67 Å². The van der Waals surface area contributed by atoms with Gasteiger partial charge in [-0.1, -0.05) is 9.03 Å². The molecule has 46 valence electrons. The quantitative estimate of drug-likeness (QED) is 0.528. The van der Waals surface area contributed by atoms with Crippen molar-refractivity contribution in [1.29, 1.82) is 0 Å². The second-order valence-electron chi connectivity index (χ2n) is 1.15. The number of halogens is 1. The lowest BCUT2D eigenvalue weighted by molar-refractivity contribution is 0.692. The molecule has 7 heavy (non-hydrogen) atoms. The fraction of sp³-hybridized carbons (Fsp3) is 1.00. The Morgan fingerprint density at radius 1 is 1.57 bits per heavy atom. The van der Waals surface area contributed by atoms with Gasteiger partial charge in [0.1, 0.15) is 0 Å². The van der Waals surface area contributed by atoms with E-state index >= 15 is 0 Å². The molecule has 2 atom stereocenters. The average Bonchev–Trinajstić information content (AvgIpc) is 1.35. The molecule has 2 unspecified atom stereocenters. The van der Waals surface area contributed by atoms with Crippen LogP contribution >= 0.6 is 17.9 Å². The molecule has 0 saturated heterocycles. The zero-order valence-electron chi connectivity index (χ0n) is 4.51. The van der Waals surface area contributed by atoms with Gasteiger partial charge >= 0.3 is 0 Å². The van der Waals surface area contributed by atoms with Gasteiger partial charge in [-0.25, -0.2) is 0 Å². The molecule has 0 aromatic heterocycles. The maximum absolute atomic E-state index is 3.92. The SMILES string of the molecule is CN(C)PN=[PH3].F. The van der Waals surface area contributed by atoms with Crippen LogP contribution in [0.3, 0.4) is 0 Å². The molecule has 0 radical (unpaired) electrons. The summed E-state index contributed by atoms with van der Waals surface area (Å²) in [6.45, 7) is 0. The molecule has 0 bridgehead atoms. The molecule has 0 aliphatic rings. The van der Waals surface area contributed by atoms with Gasteiger partial charge in [0.15, 0.2) is 0 Å². The van der Waals surface area contributed by atoms with Gasteiger partial charge in [-0.2, -0.15) is 0 Å². The molecule has 0 N–H and O–H groups in total. The summed E-state index contributed by atoms with van der Waals surface area (Å²) in [5.74, 6) is 0. The lowest BCUT2D eigenvalue weighted by Crippen LogP contribution is -1.92. The Kier molecular flexibility index (Phi) is 9.84. The van der Waals surface area contributed by atoms with Crippen molar-refractivity contribution in [3.8, 4) is 0 Å². The highest BCUT2D eigenvalue weighted by Gasteiger charge is 1.76. The van der Waals surface area contributed by atoms with Crippen molar-refractivity contribution in [2.75, 3.05) is 14.1 Å². The third-order valence-corrected chi connectivity index (χ3v) is 1.24. The summed E-state index contributed by atoms with van der Waals surface area (Å²) < 4.78 is 5.97. The molecule has 0 aromatic rings. The Hall–Kier alpha value is 0.550. The van der Waals surface area contributed by atoms with Crippen molar-refractivity contribution >= 4 is 17.9 Å². The van der Waals surface area contributed by atoms with Crippen LogP contribution in [0.1, 0.15) is 0 Å². The second-order valence-corrected chi connectivity index (χ2v) is 3.51. The number of hydrogen-bond donors (Lipinski definition) is 0. The summed E-state index contributed by atoms with van der Waals surface area (Å²) in [5.41, 5.74) is 0. The van der Waals surface area contributed by atoms with Crippen LogP contribution in [0.4, 0.5) is 4.70 Å². The summed E-state index contributed by atoms with van der Waals surface area (Å²) in [6.07, 6.45) is 0. The van der Waals surface area contributed by atoms with Gasteiger partial charge in [-0.3, -0.25) is 13.9 Å². The van der Waals surface area contributed by atoms with Crippen molar-refractivity contribution in [3.63, 3.8) is 0 Å². The molecule has 5 heteroatoms. The molecule has 0 heterocycles. The predicted octanol–water partition coefficient (Wildman–Crippen LogP) is 1.000. The van der Waals surface area contributed by atoms with Crippen LogP contribution in [-0.4, -0.2) is 18.8 Å². The van der Waals surface area contributed by atoms with Crippen LogP contribution in [0.2, 0.25) is 0 Å². The molecule has 0 saturated carbocycles. The minimum Gasteiger partial charge on any atom is -0.276 e. The fourth-order valence-corrected chi connectivity index (χ4v) is 1.27. The van der Waals surface area contributed by atoms with E-state index in [1.165, 1.54) is 0 Å². The van der Waals surface area contributed by atoms with E-state index in [0.717, 1.165) is 0 Å². The zero-order chi connectivity index (χ0) is 4.99. The fourth-order valence-electron chi connectivity index (χ4n) is 0.141. The van der Waals surface area contributed by atoms with Crippen molar-refractivity contribution in [2.24, 2.45) is 4.52 Å². The van der Waals surface area contributed by atoms with Crippen molar-refractivity contribution in [2.45, 2.75) is 0 Å². The molecular weight excluding hydrogens is 133 g/mol. The van der Waals surface area contributed by atoms with Crippen molar-refractivity contribution in [3.05, 3.63) is 0 Å². The molecule has 0 aliphatic carbocycles. The topological polar surface area (TPSA) is 15.6 Å². The minimum atomic E-state index is 0. The average molecular weight is 144 g/mol. The maximum atomic E-state index is 3.92. The zero-order valence-corrected chi connectivity index (χ0v) is 6.92. The first-order valence-corrected chi connectivity index (χ1v) is 3.18. The van der Waals surface area contributed by atoms with E-state index in [1.807, 2.05) is 18.8 Å². The standard InChI is InChI=1S/C2H10N2P2.FH/c1-4(2)6-3-5;/h6H,1-2,5H3;1H. The second kappa shape index (κ2) is 6.55. The maximum Gasteiger partial charge on any atom is 0.0710 e. The minimum absolute atomic E-state index is 0. The third kappa shape index (κ3) is 10.8. The van der Waals surface area contributed by atoms with Gasteiger partial charge in [0.2, 0.25) is 0 Å². The highest BCUT2D eigenvalue weighted by molar-refractivity contribution is 7.38. The van der Waals surface area contributed by atoms with Gasteiger partial charge in [0, 0.05) is 0 Å². The molecule has 0 aliphatic heterocycles. The summed E-state index contributed by atoms with van der Waals surface area (Å²) in [5, 5.41) is 0.